The summed E-state index contributed by atoms with van der Waals surface area (Å²) in [6.45, 7) is 6.40. The SMILES string of the molecule is CCc1ccc(C(NC)C(C)n2ccc(C)n2)cc1. The van der Waals surface area contributed by atoms with Crippen LogP contribution < -0.4 is 5.32 Å². The van der Waals surface area contributed by atoms with Gasteiger partial charge in [0.15, 0.2) is 0 Å². The largest absolute Gasteiger partial charge is 0.311 e. The number of benzene rings is 1. The molecule has 2 unspecified atom stereocenters. The van der Waals surface area contributed by atoms with E-state index < -0.39 is 0 Å². The number of aryl methyl sites for hydroxylation is 2. The monoisotopic (exact) mass is 257 g/mol. The van der Waals surface area contributed by atoms with Gasteiger partial charge in [0, 0.05) is 6.20 Å². The Labute approximate surface area is 115 Å². The second kappa shape index (κ2) is 6.02. The van der Waals surface area contributed by atoms with E-state index in [2.05, 4.69) is 48.5 Å². The van der Waals surface area contributed by atoms with Crippen molar-refractivity contribution in [1.82, 2.24) is 15.1 Å². The number of nitrogens with one attached hydrogen (secondary N) is 1. The van der Waals surface area contributed by atoms with E-state index in [4.69, 9.17) is 0 Å². The highest BCUT2D eigenvalue weighted by Gasteiger charge is 2.19. The Morgan fingerprint density at radius 2 is 1.89 bits per heavy atom. The fourth-order valence-electron chi connectivity index (χ4n) is 2.46. The molecule has 3 nitrogen and oxygen atoms in total. The molecule has 1 aromatic heterocycles. The van der Waals surface area contributed by atoms with Gasteiger partial charge in [-0.3, -0.25) is 4.68 Å². The quantitative estimate of drug-likeness (QED) is 0.891. The molecule has 102 valence electrons. The fraction of sp³-hybridized carbons (Fsp3) is 0.438. The van der Waals surface area contributed by atoms with E-state index >= 15 is 0 Å². The second-order valence-electron chi connectivity index (χ2n) is 5.04. The summed E-state index contributed by atoms with van der Waals surface area (Å²) in [6.07, 6.45) is 3.13. The average molecular weight is 257 g/mol. The number of hydrogen-bond donors (Lipinski definition) is 1. The summed E-state index contributed by atoms with van der Waals surface area (Å²) in [4.78, 5) is 0. The average Bonchev–Trinajstić information content (AvgIpc) is 2.87. The minimum Gasteiger partial charge on any atom is -0.311 e. The van der Waals surface area contributed by atoms with Gasteiger partial charge in [-0.15, -0.1) is 0 Å². The van der Waals surface area contributed by atoms with E-state index in [1.165, 1.54) is 11.1 Å². The lowest BCUT2D eigenvalue weighted by Gasteiger charge is -2.24. The van der Waals surface area contributed by atoms with Crippen molar-refractivity contribution in [3.05, 3.63) is 53.3 Å². The predicted molar refractivity (Wildman–Crippen MR) is 79.3 cm³/mol. The van der Waals surface area contributed by atoms with Crippen LogP contribution >= 0.6 is 0 Å². The first kappa shape index (κ1) is 13.8. The summed E-state index contributed by atoms with van der Waals surface area (Å²) in [6, 6.07) is 11.4. The van der Waals surface area contributed by atoms with E-state index in [1.54, 1.807) is 0 Å². The van der Waals surface area contributed by atoms with Gasteiger partial charge in [-0.05, 0) is 44.5 Å². The zero-order valence-electron chi connectivity index (χ0n) is 12.2. The molecule has 0 saturated carbocycles. The van der Waals surface area contributed by atoms with E-state index in [-0.39, 0.29) is 12.1 Å². The zero-order valence-corrected chi connectivity index (χ0v) is 12.2. The van der Waals surface area contributed by atoms with Crippen LogP contribution in [0.5, 0.6) is 0 Å². The molecule has 2 rings (SSSR count). The highest BCUT2D eigenvalue weighted by Crippen LogP contribution is 2.25. The first-order valence-corrected chi connectivity index (χ1v) is 6.93. The molecule has 0 amide bonds. The molecule has 0 fully saturated rings. The van der Waals surface area contributed by atoms with Crippen LogP contribution in [-0.2, 0) is 6.42 Å². The Balaban J connectivity index is 2.23. The molecule has 0 aliphatic rings. The molecule has 0 aliphatic heterocycles. The van der Waals surface area contributed by atoms with Crippen molar-refractivity contribution < 1.29 is 0 Å². The molecule has 3 heteroatoms. The van der Waals surface area contributed by atoms with Gasteiger partial charge in [-0.25, -0.2) is 0 Å². The second-order valence-corrected chi connectivity index (χ2v) is 5.04. The van der Waals surface area contributed by atoms with Crippen LogP contribution in [0.25, 0.3) is 0 Å². The van der Waals surface area contributed by atoms with E-state index in [9.17, 15) is 0 Å². The topological polar surface area (TPSA) is 29.9 Å². The molecule has 1 N–H and O–H groups in total. The zero-order chi connectivity index (χ0) is 13.8. The number of hydrogen-bond acceptors (Lipinski definition) is 2. The summed E-state index contributed by atoms with van der Waals surface area (Å²) in [5.41, 5.74) is 3.74. The van der Waals surface area contributed by atoms with Crippen molar-refractivity contribution >= 4 is 0 Å². The Hall–Kier alpha value is -1.61. The third-order valence-electron chi connectivity index (χ3n) is 3.70. The first-order chi connectivity index (χ1) is 9.15. The summed E-state index contributed by atoms with van der Waals surface area (Å²) in [5.74, 6) is 0. The van der Waals surface area contributed by atoms with Crippen LogP contribution in [0.2, 0.25) is 0 Å². The molecule has 2 atom stereocenters. The molecule has 19 heavy (non-hydrogen) atoms. The van der Waals surface area contributed by atoms with Crippen molar-refractivity contribution in [2.45, 2.75) is 39.3 Å². The van der Waals surface area contributed by atoms with Crippen molar-refractivity contribution in [2.75, 3.05) is 7.05 Å². The van der Waals surface area contributed by atoms with Gasteiger partial charge >= 0.3 is 0 Å². The summed E-state index contributed by atoms with van der Waals surface area (Å²) >= 11 is 0. The molecule has 0 saturated heterocycles. The lowest BCUT2D eigenvalue weighted by Crippen LogP contribution is -2.26. The fourth-order valence-corrected chi connectivity index (χ4v) is 2.46. The van der Waals surface area contributed by atoms with Gasteiger partial charge in [0.25, 0.3) is 0 Å². The number of likely N-dealkylation sites (N-methyl/N-ethyl adjacent to an activating group) is 1. The Morgan fingerprint density at radius 3 is 2.37 bits per heavy atom. The standard InChI is InChI=1S/C16H23N3/c1-5-14-6-8-15(9-7-14)16(17-4)13(3)19-11-10-12(2)18-19/h6-11,13,16-17H,5H2,1-4H3. The van der Waals surface area contributed by atoms with Gasteiger partial charge in [0.05, 0.1) is 17.8 Å². The van der Waals surface area contributed by atoms with Gasteiger partial charge < -0.3 is 5.32 Å². The maximum atomic E-state index is 4.52. The van der Waals surface area contributed by atoms with Crippen molar-refractivity contribution in [3.8, 4) is 0 Å². The van der Waals surface area contributed by atoms with Crippen LogP contribution in [0.1, 0.15) is 42.8 Å². The molecule has 0 bridgehead atoms. The summed E-state index contributed by atoms with van der Waals surface area (Å²) < 4.78 is 2.03. The van der Waals surface area contributed by atoms with Gasteiger partial charge in [-0.1, -0.05) is 31.2 Å². The number of aromatic nitrogens is 2. The van der Waals surface area contributed by atoms with Crippen LogP contribution in [0.15, 0.2) is 36.5 Å². The van der Waals surface area contributed by atoms with Gasteiger partial charge in [0.1, 0.15) is 0 Å². The highest BCUT2D eigenvalue weighted by molar-refractivity contribution is 5.25. The van der Waals surface area contributed by atoms with Crippen LogP contribution in [-0.4, -0.2) is 16.8 Å². The van der Waals surface area contributed by atoms with Crippen molar-refractivity contribution in [1.29, 1.82) is 0 Å². The highest BCUT2D eigenvalue weighted by atomic mass is 15.3. The lowest BCUT2D eigenvalue weighted by molar-refractivity contribution is 0.371. The van der Waals surface area contributed by atoms with Crippen LogP contribution in [0.3, 0.4) is 0 Å². The molecule has 1 aromatic carbocycles. The Morgan fingerprint density at radius 1 is 1.21 bits per heavy atom. The van der Waals surface area contributed by atoms with E-state index in [1.807, 2.05) is 30.9 Å². The van der Waals surface area contributed by atoms with E-state index in [0.717, 1.165) is 12.1 Å². The molecule has 0 aliphatic carbocycles. The predicted octanol–water partition coefficient (Wildman–Crippen LogP) is 3.28. The smallest absolute Gasteiger partial charge is 0.0685 e. The molecule has 1 heterocycles. The lowest BCUT2D eigenvalue weighted by atomic mass is 9.99. The van der Waals surface area contributed by atoms with Crippen LogP contribution in [0, 0.1) is 6.92 Å². The normalized spacial score (nSPS) is 14.3. The Bertz CT molecular complexity index is 513. The minimum atomic E-state index is 0.269. The van der Waals surface area contributed by atoms with Crippen molar-refractivity contribution in [2.24, 2.45) is 0 Å². The maximum Gasteiger partial charge on any atom is 0.0685 e. The Kier molecular flexibility index (Phi) is 4.38. The number of nitrogens with zero attached hydrogens (tertiary/aromatic N) is 2. The summed E-state index contributed by atoms with van der Waals surface area (Å²) in [5, 5.41) is 7.92. The maximum absolute atomic E-state index is 4.52. The molecule has 2 aromatic rings. The third kappa shape index (κ3) is 3.04. The molecule has 0 spiro atoms. The molecule has 0 radical (unpaired) electrons. The van der Waals surface area contributed by atoms with E-state index in [0.29, 0.717) is 0 Å². The third-order valence-corrected chi connectivity index (χ3v) is 3.70. The van der Waals surface area contributed by atoms with Crippen LogP contribution in [0.4, 0.5) is 0 Å². The van der Waals surface area contributed by atoms with Gasteiger partial charge in [0.2, 0.25) is 0 Å². The number of rotatable bonds is 5. The molecular weight excluding hydrogens is 234 g/mol. The molecular formula is C16H23N3. The summed E-state index contributed by atoms with van der Waals surface area (Å²) in [7, 11) is 2.01. The first-order valence-electron chi connectivity index (χ1n) is 6.93. The minimum absolute atomic E-state index is 0.269. The van der Waals surface area contributed by atoms with Gasteiger partial charge in [-0.2, -0.15) is 5.10 Å². The van der Waals surface area contributed by atoms with Crippen molar-refractivity contribution in [3.63, 3.8) is 0 Å².